The molecule has 7 heteroatoms. The Bertz CT molecular complexity index is 1210. The van der Waals surface area contributed by atoms with Gasteiger partial charge in [0.25, 0.3) is 0 Å². The Balaban J connectivity index is 0.000000259. The molecule has 2 saturated heterocycles. The summed E-state index contributed by atoms with van der Waals surface area (Å²) < 4.78 is 29.9. The van der Waals surface area contributed by atoms with E-state index in [2.05, 4.69) is 39.4 Å². The van der Waals surface area contributed by atoms with Crippen molar-refractivity contribution in [2.75, 3.05) is 0 Å². The van der Waals surface area contributed by atoms with Gasteiger partial charge in [-0.05, 0) is 104 Å². The molecule has 1 aromatic rings. The van der Waals surface area contributed by atoms with Crippen molar-refractivity contribution in [3.8, 4) is 0 Å². The van der Waals surface area contributed by atoms with Gasteiger partial charge in [-0.2, -0.15) is 5.57 Å². The number of aliphatic hydroxyl groups is 2. The second-order valence-electron chi connectivity index (χ2n) is 13.1. The maximum Gasteiger partial charge on any atom is 0.131 e. The number of hydrogen-bond acceptors (Lipinski definition) is 5. The molecule has 1 aromatic heterocycles. The molecule has 0 saturated carbocycles. The number of piperidine rings is 1. The first kappa shape index (κ1) is 30.8. The van der Waals surface area contributed by atoms with Crippen LogP contribution in [0.3, 0.4) is 0 Å². The number of nitrogens with one attached hydrogen (secondary N) is 1. The van der Waals surface area contributed by atoms with Crippen molar-refractivity contribution in [2.45, 2.75) is 149 Å². The number of aliphatic hydroxyl groups excluding tert-OH is 2. The molecule has 1 radical (unpaired) electrons. The summed E-state index contributed by atoms with van der Waals surface area (Å²) in [5.41, 5.74) is 4.53. The zero-order chi connectivity index (χ0) is 32.3. The molecule has 5 nitrogen and oxygen atoms in total. The molecule has 5 aliphatic rings. The molecule has 2 aliphatic carbocycles. The molecular weight excluding hydrogens is 733 g/mol. The van der Waals surface area contributed by atoms with Crippen molar-refractivity contribution in [3.63, 3.8) is 0 Å². The van der Waals surface area contributed by atoms with Crippen LogP contribution in [-0.2, 0) is 50.6 Å². The molecule has 0 amide bonds. The molecule has 4 heterocycles. The zero-order valence-corrected chi connectivity index (χ0v) is 29.9. The van der Waals surface area contributed by atoms with Gasteiger partial charge in [0.2, 0.25) is 0 Å². The van der Waals surface area contributed by atoms with E-state index < -0.39 is 19.0 Å². The SMILES string of the molecule is CCC(CC)/C(O)=C/[C@@H](O)C(CC)CC.[2H]C([2H])([2H])[C@@H]1CCC2[C@@H]3CC[CH-]C([C@H]4Cc5c(sc6c5CCCC6)C[N-]4)=C3O[C@@H]2N1.[Ir]. The molecule has 1 unspecified atom stereocenters. The Morgan fingerprint density at radius 2 is 1.86 bits per heavy atom. The van der Waals surface area contributed by atoms with E-state index in [-0.39, 0.29) is 44.2 Å². The van der Waals surface area contributed by atoms with Crippen LogP contribution in [0.2, 0.25) is 0 Å². The van der Waals surface area contributed by atoms with E-state index in [1.54, 1.807) is 22.1 Å². The first-order valence-electron chi connectivity index (χ1n) is 18.5. The van der Waals surface area contributed by atoms with E-state index in [1.165, 1.54) is 36.1 Å². The Labute approximate surface area is 283 Å². The number of thiophene rings is 1. The number of aryl methyl sites for hydroxylation is 1. The second kappa shape index (κ2) is 16.1. The Morgan fingerprint density at radius 3 is 2.58 bits per heavy atom. The number of rotatable bonds is 8. The summed E-state index contributed by atoms with van der Waals surface area (Å²) >= 11 is 2.01. The molecule has 6 atom stereocenters. The molecule has 0 bridgehead atoms. The fourth-order valence-electron chi connectivity index (χ4n) is 7.95. The van der Waals surface area contributed by atoms with E-state index in [0.717, 1.165) is 63.7 Å². The fourth-order valence-corrected chi connectivity index (χ4v) is 9.31. The predicted molar refractivity (Wildman–Crippen MR) is 175 cm³/mol. The van der Waals surface area contributed by atoms with Crippen LogP contribution >= 0.6 is 11.3 Å². The second-order valence-corrected chi connectivity index (χ2v) is 14.2. The van der Waals surface area contributed by atoms with Crippen molar-refractivity contribution in [3.05, 3.63) is 55.8 Å². The third-order valence-corrected chi connectivity index (χ3v) is 11.9. The largest absolute Gasteiger partial charge is 0.653 e. The number of hydrogen-bond donors (Lipinski definition) is 3. The quantitative estimate of drug-likeness (QED) is 0.182. The average Bonchev–Trinajstić information content (AvgIpc) is 3.59. The van der Waals surface area contributed by atoms with Crippen LogP contribution < -0.4 is 5.32 Å². The topological polar surface area (TPSA) is 75.8 Å². The third-order valence-electron chi connectivity index (χ3n) is 10.6. The van der Waals surface area contributed by atoms with Crippen molar-refractivity contribution in [1.82, 2.24) is 5.32 Å². The summed E-state index contributed by atoms with van der Waals surface area (Å²) in [5, 5.41) is 28.1. The monoisotopic (exact) mass is 792 g/mol. The van der Waals surface area contributed by atoms with E-state index >= 15 is 0 Å². The minimum absolute atomic E-state index is 0. The number of nitrogens with zero attached hydrogens (tertiary/aromatic N) is 1. The van der Waals surface area contributed by atoms with Crippen LogP contribution in [-0.4, -0.2) is 34.6 Å². The Morgan fingerprint density at radius 1 is 1.09 bits per heavy atom. The van der Waals surface area contributed by atoms with E-state index in [0.29, 0.717) is 24.0 Å². The normalized spacial score (nSPS) is 30.2. The molecule has 6 rings (SSSR count). The molecule has 0 aromatic carbocycles. The Hall–Kier alpha value is -0.821. The third kappa shape index (κ3) is 7.77. The average molecular weight is 792 g/mol. The summed E-state index contributed by atoms with van der Waals surface area (Å²) in [4.78, 5) is 3.12. The summed E-state index contributed by atoms with van der Waals surface area (Å²) in [5.74, 6) is 2.77. The Kier molecular flexibility index (Phi) is 11.6. The fraction of sp³-hybridized carbons (Fsp3) is 0.750. The van der Waals surface area contributed by atoms with Crippen LogP contribution in [0.5, 0.6) is 0 Å². The minimum atomic E-state index is -1.96. The van der Waals surface area contributed by atoms with Gasteiger partial charge in [-0.3, -0.25) is 5.32 Å². The van der Waals surface area contributed by atoms with Crippen molar-refractivity contribution in [1.29, 1.82) is 0 Å². The van der Waals surface area contributed by atoms with Crippen LogP contribution in [0.25, 0.3) is 5.32 Å². The van der Waals surface area contributed by atoms with Crippen molar-refractivity contribution < 1.29 is 39.2 Å². The molecule has 0 spiro atoms. The van der Waals surface area contributed by atoms with Gasteiger partial charge in [0.05, 0.1) is 11.9 Å². The smallest absolute Gasteiger partial charge is 0.131 e. The van der Waals surface area contributed by atoms with Crippen LogP contribution in [0.1, 0.15) is 124 Å². The van der Waals surface area contributed by atoms with Gasteiger partial charge in [0.1, 0.15) is 6.23 Å². The standard InChI is InChI=1S/C23H30N2OS.C13H26O2.Ir/c1-13-9-10-16-15-6-4-7-17(22(15)26-23(16)25-13)19-11-18-14-5-2-3-8-20(14)27-21(18)12-24-19;1-5-10(6-2)12(14)9-13(15)11(7-3)8-4;/h7,13,15-16,19,23,25H,2-6,8-12H2,1H3;9-12,14-15H,5-8H2,1-4H3;/q-2;;/b;13-9-;/t13-,15+,16?,19-,23+;12-;/m11./s1/i1D3;;. The minimum Gasteiger partial charge on any atom is -0.653 e. The number of allylic oxidation sites excluding steroid dienone is 2. The zero-order valence-electron chi connectivity index (χ0n) is 29.7. The van der Waals surface area contributed by atoms with E-state index in [1.807, 2.05) is 11.3 Å². The first-order chi connectivity index (χ1) is 21.6. The van der Waals surface area contributed by atoms with Gasteiger partial charge in [0.15, 0.2) is 0 Å². The number of ether oxygens (including phenoxy) is 1. The van der Waals surface area contributed by atoms with Gasteiger partial charge in [-0.15, -0.1) is 30.3 Å². The van der Waals surface area contributed by atoms with Crippen LogP contribution in [0.4, 0.5) is 0 Å². The van der Waals surface area contributed by atoms with Crippen LogP contribution in [0.15, 0.2) is 23.2 Å². The molecule has 3 aliphatic heterocycles. The predicted octanol–water partition coefficient (Wildman–Crippen LogP) is 8.70. The molecule has 2 fully saturated rings. The summed E-state index contributed by atoms with van der Waals surface area (Å²) in [6.45, 7) is 7.14. The summed E-state index contributed by atoms with van der Waals surface area (Å²) in [6.07, 6.45) is 17.1. The van der Waals surface area contributed by atoms with Gasteiger partial charge < -0.3 is 20.3 Å². The molecule has 43 heavy (non-hydrogen) atoms. The molecule has 3 N–H and O–H groups in total. The summed E-state index contributed by atoms with van der Waals surface area (Å²) in [6, 6.07) is -0.249. The van der Waals surface area contributed by atoms with Gasteiger partial charge in [-0.25, -0.2) is 6.42 Å². The summed E-state index contributed by atoms with van der Waals surface area (Å²) in [7, 11) is 0. The maximum absolute atomic E-state index is 9.88. The number of fused-ring (bicyclic) bond motifs is 6. The maximum atomic E-state index is 9.88. The van der Waals surface area contributed by atoms with E-state index in [9.17, 15) is 10.2 Å². The van der Waals surface area contributed by atoms with Gasteiger partial charge in [0, 0.05) is 47.0 Å². The van der Waals surface area contributed by atoms with Gasteiger partial charge >= 0.3 is 0 Å². The molecule has 245 valence electrons. The first-order valence-corrected chi connectivity index (χ1v) is 17.8. The van der Waals surface area contributed by atoms with Crippen molar-refractivity contribution >= 4 is 11.3 Å². The van der Waals surface area contributed by atoms with Crippen LogP contribution in [0, 0.1) is 30.1 Å². The van der Waals surface area contributed by atoms with Crippen molar-refractivity contribution in [2.24, 2.45) is 23.7 Å². The van der Waals surface area contributed by atoms with Gasteiger partial charge in [-0.1, -0.05) is 47.0 Å². The molecular formula is C36H56IrN2O3S-2. The van der Waals surface area contributed by atoms with E-state index in [4.69, 9.17) is 14.2 Å².